The molecule has 0 aliphatic rings. The fourth-order valence-electron chi connectivity index (χ4n) is 1.49. The highest BCUT2D eigenvalue weighted by Crippen LogP contribution is 2.25. The predicted molar refractivity (Wildman–Crippen MR) is 71.2 cm³/mol. The van der Waals surface area contributed by atoms with E-state index in [4.69, 9.17) is 6.42 Å². The lowest BCUT2D eigenvalue weighted by molar-refractivity contribution is -0.385. The van der Waals surface area contributed by atoms with Gasteiger partial charge in [-0.2, -0.15) is 0 Å². The summed E-state index contributed by atoms with van der Waals surface area (Å²) < 4.78 is 26.2. The van der Waals surface area contributed by atoms with Crippen LogP contribution in [0.3, 0.4) is 0 Å². The minimum absolute atomic E-state index is 0.0968. The van der Waals surface area contributed by atoms with Crippen LogP contribution in [0.2, 0.25) is 0 Å². The molecule has 0 bridgehead atoms. The van der Waals surface area contributed by atoms with Crippen molar-refractivity contribution in [1.82, 2.24) is 4.72 Å². The molecule has 1 N–H and O–H groups in total. The van der Waals surface area contributed by atoms with E-state index in [-0.39, 0.29) is 23.5 Å². The van der Waals surface area contributed by atoms with Gasteiger partial charge in [-0.1, -0.05) is 0 Å². The van der Waals surface area contributed by atoms with Crippen molar-refractivity contribution < 1.29 is 13.3 Å². The molecule has 102 valence electrons. The van der Waals surface area contributed by atoms with Crippen molar-refractivity contribution in [2.75, 3.05) is 6.54 Å². The van der Waals surface area contributed by atoms with Crippen LogP contribution in [-0.4, -0.2) is 19.9 Å². The second-order valence-electron chi connectivity index (χ2n) is 3.99. The topological polar surface area (TPSA) is 89.3 Å². The van der Waals surface area contributed by atoms with E-state index >= 15 is 0 Å². The monoisotopic (exact) mass is 282 g/mol. The molecule has 0 atom stereocenters. The summed E-state index contributed by atoms with van der Waals surface area (Å²) in [5.74, 6) is 2.31. The molecule has 1 aromatic carbocycles. The van der Waals surface area contributed by atoms with Crippen molar-refractivity contribution in [2.45, 2.75) is 25.2 Å². The molecule has 19 heavy (non-hydrogen) atoms. The molecular weight excluding hydrogens is 268 g/mol. The van der Waals surface area contributed by atoms with E-state index in [0.717, 1.165) is 6.07 Å². The third-order valence-electron chi connectivity index (χ3n) is 2.68. The average molecular weight is 282 g/mol. The lowest BCUT2D eigenvalue weighted by Gasteiger charge is -2.08. The van der Waals surface area contributed by atoms with Crippen LogP contribution in [0.4, 0.5) is 5.69 Å². The van der Waals surface area contributed by atoms with Crippen LogP contribution in [-0.2, 0) is 10.0 Å². The molecule has 7 heteroatoms. The second kappa shape index (κ2) is 5.82. The minimum atomic E-state index is -3.78. The summed E-state index contributed by atoms with van der Waals surface area (Å²) >= 11 is 0. The van der Waals surface area contributed by atoms with Crippen molar-refractivity contribution >= 4 is 15.7 Å². The van der Waals surface area contributed by atoms with Gasteiger partial charge in [0.05, 0.1) is 9.82 Å². The first-order valence-electron chi connectivity index (χ1n) is 5.48. The summed E-state index contributed by atoms with van der Waals surface area (Å²) in [6, 6.07) is 2.46. The van der Waals surface area contributed by atoms with Crippen LogP contribution in [0.5, 0.6) is 0 Å². The van der Waals surface area contributed by atoms with Crippen molar-refractivity contribution in [3.05, 3.63) is 33.4 Å². The van der Waals surface area contributed by atoms with Gasteiger partial charge in [0.2, 0.25) is 10.0 Å². The lowest BCUT2D eigenvalue weighted by Crippen LogP contribution is -2.24. The Labute approximate surface area is 112 Å². The SMILES string of the molecule is C#CCCNS(=O)(=O)c1cc(C)c(C)c([N+](=O)[O-])c1. The van der Waals surface area contributed by atoms with E-state index in [9.17, 15) is 18.5 Å². The summed E-state index contributed by atoms with van der Waals surface area (Å²) in [4.78, 5) is 10.2. The van der Waals surface area contributed by atoms with Crippen molar-refractivity contribution in [3.8, 4) is 12.3 Å². The number of hydrogen-bond acceptors (Lipinski definition) is 4. The Kier molecular flexibility index (Phi) is 4.64. The Morgan fingerprint density at radius 1 is 1.42 bits per heavy atom. The first kappa shape index (κ1) is 15.1. The molecule has 0 aliphatic heterocycles. The molecule has 0 aliphatic carbocycles. The van der Waals surface area contributed by atoms with Gasteiger partial charge in [-0.25, -0.2) is 13.1 Å². The maximum atomic E-state index is 11.9. The third-order valence-corrected chi connectivity index (χ3v) is 4.12. The number of nitro groups is 1. The summed E-state index contributed by atoms with van der Waals surface area (Å²) in [5, 5.41) is 10.9. The highest BCUT2D eigenvalue weighted by Gasteiger charge is 2.21. The van der Waals surface area contributed by atoms with Gasteiger partial charge in [0.1, 0.15) is 0 Å². The fourth-order valence-corrected chi connectivity index (χ4v) is 2.63. The number of nitrogens with one attached hydrogen (secondary N) is 1. The predicted octanol–water partition coefficient (Wildman–Crippen LogP) is 1.51. The quantitative estimate of drug-likeness (QED) is 0.383. The molecule has 1 rings (SSSR count). The molecular formula is C12H14N2O4S. The zero-order valence-electron chi connectivity index (χ0n) is 10.6. The maximum Gasteiger partial charge on any atom is 0.273 e. The van der Waals surface area contributed by atoms with E-state index < -0.39 is 14.9 Å². The number of benzene rings is 1. The summed E-state index contributed by atoms with van der Waals surface area (Å²) in [6.45, 7) is 3.30. The minimum Gasteiger partial charge on any atom is -0.258 e. The van der Waals surface area contributed by atoms with Gasteiger partial charge in [-0.3, -0.25) is 10.1 Å². The van der Waals surface area contributed by atoms with Crippen LogP contribution in [0.1, 0.15) is 17.5 Å². The van der Waals surface area contributed by atoms with Gasteiger partial charge < -0.3 is 0 Å². The molecule has 0 fully saturated rings. The Morgan fingerprint density at radius 3 is 2.58 bits per heavy atom. The zero-order valence-corrected chi connectivity index (χ0v) is 11.5. The lowest BCUT2D eigenvalue weighted by atomic mass is 10.1. The zero-order chi connectivity index (χ0) is 14.6. The molecule has 0 spiro atoms. The van der Waals surface area contributed by atoms with Crippen molar-refractivity contribution in [3.63, 3.8) is 0 Å². The van der Waals surface area contributed by atoms with Gasteiger partial charge in [0.25, 0.3) is 5.69 Å². The molecule has 0 saturated carbocycles. The Morgan fingerprint density at radius 2 is 2.05 bits per heavy atom. The summed E-state index contributed by atoms with van der Waals surface area (Å²) in [6.07, 6.45) is 5.29. The molecule has 1 aromatic rings. The molecule has 0 radical (unpaired) electrons. The molecule has 6 nitrogen and oxygen atoms in total. The van der Waals surface area contributed by atoms with Gasteiger partial charge in [-0.05, 0) is 25.5 Å². The number of sulfonamides is 1. The Bertz CT molecular complexity index is 644. The molecule has 0 heterocycles. The summed E-state index contributed by atoms with van der Waals surface area (Å²) in [7, 11) is -3.78. The maximum absolute atomic E-state index is 11.9. The third kappa shape index (κ3) is 3.53. The van der Waals surface area contributed by atoms with E-state index in [1.807, 2.05) is 0 Å². The second-order valence-corrected chi connectivity index (χ2v) is 5.76. The Hall–Kier alpha value is -1.91. The van der Waals surface area contributed by atoms with Gasteiger partial charge in [0, 0.05) is 24.6 Å². The molecule has 0 saturated heterocycles. The van der Waals surface area contributed by atoms with E-state index in [1.165, 1.54) is 6.07 Å². The number of hydrogen-bond donors (Lipinski definition) is 1. The average Bonchev–Trinajstić information content (AvgIpc) is 2.32. The normalized spacial score (nSPS) is 11.0. The highest BCUT2D eigenvalue weighted by molar-refractivity contribution is 7.89. The van der Waals surface area contributed by atoms with Crippen LogP contribution in [0.25, 0.3) is 0 Å². The van der Waals surface area contributed by atoms with E-state index in [0.29, 0.717) is 11.1 Å². The largest absolute Gasteiger partial charge is 0.273 e. The first-order valence-corrected chi connectivity index (χ1v) is 6.96. The number of nitrogens with zero attached hydrogens (tertiary/aromatic N) is 1. The number of terminal acetylenes is 1. The number of aryl methyl sites for hydroxylation is 1. The number of nitro benzene ring substituents is 1. The standard InChI is InChI=1S/C12H14N2O4S/c1-4-5-6-13-19(17,18)11-7-9(2)10(3)12(8-11)14(15)16/h1,7-8,13H,5-6H2,2-3H3. The van der Waals surface area contributed by atoms with Crippen LogP contribution < -0.4 is 4.72 Å². The summed E-state index contributed by atoms with van der Waals surface area (Å²) in [5.41, 5.74) is 0.788. The molecule has 0 unspecified atom stereocenters. The van der Waals surface area contributed by atoms with E-state index in [1.54, 1.807) is 13.8 Å². The molecule has 0 aromatic heterocycles. The van der Waals surface area contributed by atoms with Gasteiger partial charge in [0.15, 0.2) is 0 Å². The van der Waals surface area contributed by atoms with Gasteiger partial charge >= 0.3 is 0 Å². The van der Waals surface area contributed by atoms with E-state index in [2.05, 4.69) is 10.6 Å². The smallest absolute Gasteiger partial charge is 0.258 e. The van der Waals surface area contributed by atoms with Crippen LogP contribution >= 0.6 is 0 Å². The van der Waals surface area contributed by atoms with Gasteiger partial charge in [-0.15, -0.1) is 12.3 Å². The van der Waals surface area contributed by atoms with Crippen LogP contribution in [0, 0.1) is 36.3 Å². The molecule has 0 amide bonds. The van der Waals surface area contributed by atoms with Crippen molar-refractivity contribution in [1.29, 1.82) is 0 Å². The highest BCUT2D eigenvalue weighted by atomic mass is 32.2. The van der Waals surface area contributed by atoms with Crippen molar-refractivity contribution in [2.24, 2.45) is 0 Å². The van der Waals surface area contributed by atoms with Crippen LogP contribution in [0.15, 0.2) is 17.0 Å². The first-order chi connectivity index (χ1) is 8.79. The Balaban J connectivity index is 3.22. The fraction of sp³-hybridized carbons (Fsp3) is 0.333. The number of rotatable bonds is 5.